The van der Waals surface area contributed by atoms with Crippen LogP contribution in [-0.2, 0) is 4.79 Å². The van der Waals surface area contributed by atoms with Gasteiger partial charge in [-0.05, 0) is 24.3 Å². The molecule has 6 heteroatoms. The maximum Gasteiger partial charge on any atom is 0.279 e. The van der Waals surface area contributed by atoms with Crippen LogP contribution in [0.15, 0.2) is 48.5 Å². The number of rotatable bonds is 4. The highest BCUT2D eigenvalue weighted by Crippen LogP contribution is 2.24. The highest BCUT2D eigenvalue weighted by molar-refractivity contribution is 6.33. The van der Waals surface area contributed by atoms with Crippen LogP contribution in [0.5, 0.6) is 0 Å². The summed E-state index contributed by atoms with van der Waals surface area (Å²) in [4.78, 5) is 15.8. The molecule has 1 amide bonds. The van der Waals surface area contributed by atoms with Crippen LogP contribution >= 0.6 is 11.6 Å². The maximum atomic E-state index is 12.3. The van der Waals surface area contributed by atoms with Gasteiger partial charge in [-0.3, -0.25) is 4.79 Å². The van der Waals surface area contributed by atoms with Crippen molar-refractivity contribution in [1.82, 2.24) is 0 Å². The van der Waals surface area contributed by atoms with E-state index in [1.807, 2.05) is 30.3 Å². The highest BCUT2D eigenvalue weighted by atomic mass is 35.5. The van der Waals surface area contributed by atoms with Crippen LogP contribution in [0.25, 0.3) is 0 Å². The van der Waals surface area contributed by atoms with Crippen molar-refractivity contribution in [1.29, 1.82) is 5.26 Å². The summed E-state index contributed by atoms with van der Waals surface area (Å²) >= 11 is 6.26. The van der Waals surface area contributed by atoms with Gasteiger partial charge in [0.1, 0.15) is 6.07 Å². The van der Waals surface area contributed by atoms with Crippen molar-refractivity contribution >= 4 is 28.9 Å². The number of quaternary nitrogens is 1. The Kier molecular flexibility index (Phi) is 5.54. The number of anilines is 2. The van der Waals surface area contributed by atoms with Crippen LogP contribution in [0.3, 0.4) is 0 Å². The number of nitrogens with zero attached hydrogens (tertiary/aromatic N) is 2. The molecule has 0 spiro atoms. The SMILES string of the molecule is N#Cc1ccccc1NC(=O)C[NH+]1CCN(c2ccccc2Cl)CC1. The summed E-state index contributed by atoms with van der Waals surface area (Å²) in [5.74, 6) is -0.0658. The first-order valence-electron chi connectivity index (χ1n) is 8.29. The Morgan fingerprint density at radius 2 is 1.84 bits per heavy atom. The topological polar surface area (TPSA) is 60.6 Å². The lowest BCUT2D eigenvalue weighted by Gasteiger charge is -2.33. The van der Waals surface area contributed by atoms with E-state index in [0.717, 1.165) is 36.9 Å². The Morgan fingerprint density at radius 1 is 1.16 bits per heavy atom. The van der Waals surface area contributed by atoms with Crippen molar-refractivity contribution in [2.45, 2.75) is 0 Å². The number of hydrogen-bond acceptors (Lipinski definition) is 3. The predicted octanol–water partition coefficient (Wildman–Crippen LogP) is 1.56. The van der Waals surface area contributed by atoms with Crippen LogP contribution in [0.1, 0.15) is 5.56 Å². The first-order valence-corrected chi connectivity index (χ1v) is 8.67. The minimum atomic E-state index is -0.0658. The fraction of sp³-hybridized carbons (Fsp3) is 0.263. The van der Waals surface area contributed by atoms with Gasteiger partial charge in [0.2, 0.25) is 0 Å². The molecule has 2 aromatic rings. The summed E-state index contributed by atoms with van der Waals surface area (Å²) in [6.07, 6.45) is 0. The molecule has 1 aliphatic rings. The number of para-hydroxylation sites is 2. The van der Waals surface area contributed by atoms with E-state index in [4.69, 9.17) is 16.9 Å². The van der Waals surface area contributed by atoms with Crippen LogP contribution < -0.4 is 15.1 Å². The minimum absolute atomic E-state index is 0.0658. The Bertz CT molecular complexity index is 794. The van der Waals surface area contributed by atoms with Gasteiger partial charge in [-0.1, -0.05) is 35.9 Å². The second-order valence-electron chi connectivity index (χ2n) is 6.07. The van der Waals surface area contributed by atoms with Crippen LogP contribution in [0.2, 0.25) is 5.02 Å². The Morgan fingerprint density at radius 3 is 2.56 bits per heavy atom. The number of halogens is 1. The predicted molar refractivity (Wildman–Crippen MR) is 99.0 cm³/mol. The summed E-state index contributed by atoms with van der Waals surface area (Å²) in [7, 11) is 0. The van der Waals surface area contributed by atoms with E-state index in [1.165, 1.54) is 4.90 Å². The molecule has 1 heterocycles. The lowest BCUT2D eigenvalue weighted by Crippen LogP contribution is -3.15. The molecule has 1 saturated heterocycles. The van der Waals surface area contributed by atoms with Gasteiger partial charge in [0.05, 0.1) is 48.1 Å². The van der Waals surface area contributed by atoms with Gasteiger partial charge < -0.3 is 15.1 Å². The maximum absolute atomic E-state index is 12.3. The molecule has 0 aliphatic carbocycles. The smallest absolute Gasteiger partial charge is 0.279 e. The molecule has 0 bridgehead atoms. The molecule has 1 fully saturated rings. The summed E-state index contributed by atoms with van der Waals surface area (Å²) in [5.41, 5.74) is 2.11. The van der Waals surface area contributed by atoms with E-state index in [-0.39, 0.29) is 5.91 Å². The summed E-state index contributed by atoms with van der Waals surface area (Å²) < 4.78 is 0. The molecule has 2 aromatic carbocycles. The molecular formula is C19H20ClN4O+. The number of nitrogens with one attached hydrogen (secondary N) is 2. The van der Waals surface area contributed by atoms with E-state index >= 15 is 0 Å². The summed E-state index contributed by atoms with van der Waals surface area (Å²) in [5, 5.41) is 12.7. The van der Waals surface area contributed by atoms with E-state index in [1.54, 1.807) is 18.2 Å². The van der Waals surface area contributed by atoms with Crippen molar-refractivity contribution in [2.75, 3.05) is 42.9 Å². The fourth-order valence-corrected chi connectivity index (χ4v) is 3.32. The lowest BCUT2D eigenvalue weighted by atomic mass is 10.2. The Hall–Kier alpha value is -2.55. The average molecular weight is 356 g/mol. The number of piperazine rings is 1. The van der Waals surface area contributed by atoms with Gasteiger partial charge >= 0.3 is 0 Å². The molecular weight excluding hydrogens is 336 g/mol. The zero-order valence-electron chi connectivity index (χ0n) is 13.8. The van der Waals surface area contributed by atoms with Gasteiger partial charge in [-0.25, -0.2) is 0 Å². The van der Waals surface area contributed by atoms with Crippen LogP contribution in [-0.4, -0.2) is 38.6 Å². The van der Waals surface area contributed by atoms with Gasteiger partial charge in [-0.15, -0.1) is 0 Å². The molecule has 0 saturated carbocycles. The number of amides is 1. The van der Waals surface area contributed by atoms with Crippen molar-refractivity contribution in [3.05, 3.63) is 59.1 Å². The van der Waals surface area contributed by atoms with Crippen molar-refractivity contribution in [2.24, 2.45) is 0 Å². The summed E-state index contributed by atoms with van der Waals surface area (Å²) in [6, 6.07) is 17.0. The van der Waals surface area contributed by atoms with E-state index in [9.17, 15) is 4.79 Å². The molecule has 2 N–H and O–H groups in total. The number of hydrogen-bond donors (Lipinski definition) is 2. The first kappa shape index (κ1) is 17.3. The average Bonchev–Trinajstić information content (AvgIpc) is 2.63. The third-order valence-corrected chi connectivity index (χ3v) is 4.72. The summed E-state index contributed by atoms with van der Waals surface area (Å²) in [6.45, 7) is 3.87. The minimum Gasteiger partial charge on any atom is -0.359 e. The third kappa shape index (κ3) is 4.30. The van der Waals surface area contributed by atoms with Gasteiger partial charge in [0.25, 0.3) is 5.91 Å². The molecule has 5 nitrogen and oxygen atoms in total. The second-order valence-corrected chi connectivity index (χ2v) is 6.48. The van der Waals surface area contributed by atoms with Crippen LogP contribution in [0, 0.1) is 11.3 Å². The lowest BCUT2D eigenvalue weighted by molar-refractivity contribution is -0.892. The van der Waals surface area contributed by atoms with Gasteiger partial charge in [0, 0.05) is 0 Å². The molecule has 128 valence electrons. The third-order valence-electron chi connectivity index (χ3n) is 4.40. The molecule has 1 aliphatic heterocycles. The zero-order chi connectivity index (χ0) is 17.6. The molecule has 3 rings (SSSR count). The number of carbonyl (C=O) groups excluding carboxylic acids is 1. The Labute approximate surface area is 152 Å². The van der Waals surface area contributed by atoms with E-state index in [0.29, 0.717) is 17.8 Å². The molecule has 0 unspecified atom stereocenters. The van der Waals surface area contributed by atoms with Crippen LogP contribution in [0.4, 0.5) is 11.4 Å². The normalized spacial score (nSPS) is 14.8. The number of nitriles is 1. The number of benzene rings is 2. The van der Waals surface area contributed by atoms with E-state index in [2.05, 4.69) is 16.3 Å². The van der Waals surface area contributed by atoms with Gasteiger partial charge in [-0.2, -0.15) is 5.26 Å². The zero-order valence-corrected chi connectivity index (χ0v) is 14.6. The monoisotopic (exact) mass is 355 g/mol. The van der Waals surface area contributed by atoms with E-state index < -0.39 is 0 Å². The quantitative estimate of drug-likeness (QED) is 0.875. The Balaban J connectivity index is 1.53. The molecule has 25 heavy (non-hydrogen) atoms. The molecule has 0 atom stereocenters. The molecule has 0 radical (unpaired) electrons. The largest absolute Gasteiger partial charge is 0.359 e. The van der Waals surface area contributed by atoms with Crippen molar-refractivity contribution in [3.63, 3.8) is 0 Å². The van der Waals surface area contributed by atoms with Gasteiger partial charge in [0.15, 0.2) is 6.54 Å². The first-order chi connectivity index (χ1) is 12.2. The highest BCUT2D eigenvalue weighted by Gasteiger charge is 2.23. The van der Waals surface area contributed by atoms with Crippen molar-refractivity contribution < 1.29 is 9.69 Å². The van der Waals surface area contributed by atoms with Crippen molar-refractivity contribution in [3.8, 4) is 6.07 Å². The second kappa shape index (κ2) is 8.02. The molecule has 0 aromatic heterocycles. The fourth-order valence-electron chi connectivity index (χ4n) is 3.06. The standard InChI is InChI=1S/C19H19ClN4O/c20-16-6-2-4-8-18(16)24-11-9-23(10-12-24)14-19(25)22-17-7-3-1-5-15(17)13-21/h1-8H,9-12,14H2,(H,22,25)/p+1. The number of carbonyl (C=O) groups is 1.